The lowest BCUT2D eigenvalue weighted by molar-refractivity contribution is -0.137. The molecule has 2 aromatic rings. The zero-order valence-corrected chi connectivity index (χ0v) is 15.5. The zero-order chi connectivity index (χ0) is 19.0. The number of rotatable bonds is 3. The second kappa shape index (κ2) is 7.44. The van der Waals surface area contributed by atoms with Gasteiger partial charge in [-0.2, -0.15) is 5.10 Å². The maximum Gasteiger partial charge on any atom is 0.346 e. The van der Waals surface area contributed by atoms with E-state index < -0.39 is 11.7 Å². The molecule has 2 aliphatic heterocycles. The monoisotopic (exact) mass is 394 g/mol. The number of carbonyl (C=O) groups excluding carboxylic acids is 1. The van der Waals surface area contributed by atoms with Gasteiger partial charge in [0.2, 0.25) is 5.91 Å². The van der Waals surface area contributed by atoms with Gasteiger partial charge < -0.3 is 9.64 Å². The normalized spacial score (nSPS) is 19.8. The van der Waals surface area contributed by atoms with Crippen LogP contribution in [0.3, 0.4) is 0 Å². The van der Waals surface area contributed by atoms with Crippen molar-refractivity contribution >= 4 is 17.5 Å². The highest BCUT2D eigenvalue weighted by Gasteiger charge is 2.34. The van der Waals surface area contributed by atoms with Gasteiger partial charge in [-0.05, 0) is 25.0 Å². The van der Waals surface area contributed by atoms with E-state index in [0.717, 1.165) is 6.42 Å². The molecule has 0 radical (unpaired) electrons. The quantitative estimate of drug-likeness (QED) is 0.793. The first-order valence-electron chi connectivity index (χ1n) is 9.03. The number of ether oxygens (including phenoxy) is 1. The van der Waals surface area contributed by atoms with E-state index in [9.17, 15) is 14.0 Å². The van der Waals surface area contributed by atoms with E-state index in [1.165, 1.54) is 21.4 Å². The Labute approximate surface area is 160 Å². The molecule has 4 rings (SSSR count). The molecule has 1 amide bonds. The van der Waals surface area contributed by atoms with Crippen molar-refractivity contribution in [2.45, 2.75) is 31.8 Å². The van der Waals surface area contributed by atoms with Crippen molar-refractivity contribution in [2.75, 3.05) is 26.3 Å². The van der Waals surface area contributed by atoms with Crippen LogP contribution in [0, 0.1) is 5.82 Å². The van der Waals surface area contributed by atoms with Crippen molar-refractivity contribution < 1.29 is 13.9 Å². The molecular weight excluding hydrogens is 375 g/mol. The highest BCUT2D eigenvalue weighted by molar-refractivity contribution is 6.31. The van der Waals surface area contributed by atoms with Gasteiger partial charge in [0.05, 0.1) is 25.7 Å². The van der Waals surface area contributed by atoms with E-state index in [-0.39, 0.29) is 28.7 Å². The van der Waals surface area contributed by atoms with Crippen LogP contribution < -0.4 is 5.69 Å². The van der Waals surface area contributed by atoms with E-state index in [4.69, 9.17) is 16.3 Å². The Morgan fingerprint density at radius 1 is 1.30 bits per heavy atom. The second-order valence-electron chi connectivity index (χ2n) is 6.78. The molecule has 3 heterocycles. The summed E-state index contributed by atoms with van der Waals surface area (Å²) >= 11 is 6.08. The molecule has 9 heteroatoms. The summed E-state index contributed by atoms with van der Waals surface area (Å²) in [6, 6.07) is 4.39. The first kappa shape index (κ1) is 18.2. The van der Waals surface area contributed by atoms with E-state index in [1.54, 1.807) is 11.0 Å². The highest BCUT2D eigenvalue weighted by Crippen LogP contribution is 2.27. The maximum absolute atomic E-state index is 14.1. The van der Waals surface area contributed by atoms with Crippen molar-refractivity contribution in [1.82, 2.24) is 19.2 Å². The molecule has 0 N–H and O–H groups in total. The highest BCUT2D eigenvalue weighted by atomic mass is 35.5. The fourth-order valence-electron chi connectivity index (χ4n) is 3.68. The number of nitrogens with zero attached hydrogens (tertiary/aromatic N) is 4. The van der Waals surface area contributed by atoms with E-state index in [0.29, 0.717) is 45.1 Å². The van der Waals surface area contributed by atoms with Crippen LogP contribution in [-0.4, -0.2) is 51.5 Å². The first-order valence-corrected chi connectivity index (χ1v) is 9.41. The van der Waals surface area contributed by atoms with E-state index >= 15 is 0 Å². The van der Waals surface area contributed by atoms with Crippen molar-refractivity contribution in [2.24, 2.45) is 0 Å². The molecule has 1 atom stereocenters. The summed E-state index contributed by atoms with van der Waals surface area (Å²) in [4.78, 5) is 27.4. The van der Waals surface area contributed by atoms with Gasteiger partial charge in [0.25, 0.3) is 0 Å². The third-order valence-corrected chi connectivity index (χ3v) is 5.48. The van der Waals surface area contributed by atoms with Crippen molar-refractivity contribution in [3.8, 4) is 0 Å². The smallest absolute Gasteiger partial charge is 0.346 e. The van der Waals surface area contributed by atoms with Gasteiger partial charge in [-0.1, -0.05) is 17.7 Å². The maximum atomic E-state index is 14.1. The Kier molecular flexibility index (Phi) is 5.01. The van der Waals surface area contributed by atoms with Crippen LogP contribution in [0.5, 0.6) is 0 Å². The average molecular weight is 395 g/mol. The number of benzene rings is 1. The molecule has 0 saturated carbocycles. The molecule has 144 valence electrons. The minimum atomic E-state index is -0.485. The van der Waals surface area contributed by atoms with Gasteiger partial charge in [-0.25, -0.2) is 13.9 Å². The number of halogens is 2. The SMILES string of the molecule is O=C(C1CCCn2c1nn(Cc1c(F)cccc1Cl)c2=O)N1CCOCC1. The van der Waals surface area contributed by atoms with Crippen molar-refractivity contribution in [3.05, 3.63) is 50.9 Å². The van der Waals surface area contributed by atoms with E-state index in [2.05, 4.69) is 5.10 Å². The first-order chi connectivity index (χ1) is 13.1. The summed E-state index contributed by atoms with van der Waals surface area (Å²) in [5.74, 6) is -0.515. The lowest BCUT2D eigenvalue weighted by Crippen LogP contribution is -2.44. The minimum absolute atomic E-state index is 0.0275. The standard InChI is InChI=1S/C18H20ClFN4O3/c19-14-4-1-5-15(20)13(14)11-24-18(26)23-6-2-3-12(16(23)21-24)17(25)22-7-9-27-10-8-22/h1,4-5,12H,2-3,6-11H2. The molecule has 2 aliphatic rings. The third-order valence-electron chi connectivity index (χ3n) is 5.13. The van der Waals surface area contributed by atoms with Gasteiger partial charge in [-0.15, -0.1) is 0 Å². The molecule has 1 saturated heterocycles. The molecule has 1 unspecified atom stereocenters. The van der Waals surface area contributed by atoms with Crippen molar-refractivity contribution in [3.63, 3.8) is 0 Å². The summed E-state index contributed by atoms with van der Waals surface area (Å²) < 4.78 is 22.1. The van der Waals surface area contributed by atoms with Gasteiger partial charge in [0.1, 0.15) is 11.6 Å². The van der Waals surface area contributed by atoms with Crippen LogP contribution in [0.15, 0.2) is 23.0 Å². The fourth-order valence-corrected chi connectivity index (χ4v) is 3.91. The summed E-state index contributed by atoms with van der Waals surface area (Å²) in [7, 11) is 0. The Morgan fingerprint density at radius 2 is 2.07 bits per heavy atom. The average Bonchev–Trinajstić information content (AvgIpc) is 3.01. The Balaban J connectivity index is 1.65. The number of hydrogen-bond donors (Lipinski definition) is 0. The lowest BCUT2D eigenvalue weighted by atomic mass is 9.97. The molecule has 27 heavy (non-hydrogen) atoms. The molecule has 0 bridgehead atoms. The summed E-state index contributed by atoms with van der Waals surface area (Å²) in [6.45, 7) is 2.57. The number of carbonyl (C=O) groups is 1. The predicted molar refractivity (Wildman–Crippen MR) is 96.4 cm³/mol. The molecule has 0 spiro atoms. The Hall–Kier alpha value is -2.19. The van der Waals surface area contributed by atoms with E-state index in [1.807, 2.05) is 0 Å². The molecular formula is C18H20ClFN4O3. The Morgan fingerprint density at radius 3 is 2.81 bits per heavy atom. The van der Waals surface area contributed by atoms with Crippen LogP contribution >= 0.6 is 11.6 Å². The van der Waals surface area contributed by atoms with Crippen LogP contribution in [-0.2, 0) is 22.6 Å². The molecule has 1 fully saturated rings. The van der Waals surface area contributed by atoms with Gasteiger partial charge in [0.15, 0.2) is 0 Å². The van der Waals surface area contributed by atoms with Gasteiger partial charge in [0, 0.05) is 30.2 Å². The van der Waals surface area contributed by atoms with Crippen molar-refractivity contribution in [1.29, 1.82) is 0 Å². The fraction of sp³-hybridized carbons (Fsp3) is 0.500. The number of morpholine rings is 1. The molecule has 1 aromatic heterocycles. The Bertz CT molecular complexity index is 900. The second-order valence-corrected chi connectivity index (χ2v) is 7.19. The van der Waals surface area contributed by atoms with Gasteiger partial charge >= 0.3 is 5.69 Å². The van der Waals surface area contributed by atoms with Gasteiger partial charge in [-0.3, -0.25) is 9.36 Å². The zero-order valence-electron chi connectivity index (χ0n) is 14.7. The summed E-state index contributed by atoms with van der Waals surface area (Å²) in [5.41, 5.74) is -0.128. The summed E-state index contributed by atoms with van der Waals surface area (Å²) in [6.07, 6.45) is 1.37. The number of hydrogen-bond acceptors (Lipinski definition) is 4. The molecule has 7 nitrogen and oxygen atoms in total. The minimum Gasteiger partial charge on any atom is -0.378 e. The molecule has 1 aromatic carbocycles. The van der Waals surface area contributed by atoms with Crippen LogP contribution in [0.1, 0.15) is 30.1 Å². The van der Waals surface area contributed by atoms with Crippen LogP contribution in [0.2, 0.25) is 5.02 Å². The largest absolute Gasteiger partial charge is 0.378 e. The predicted octanol–water partition coefficient (Wildman–Crippen LogP) is 1.62. The van der Waals surface area contributed by atoms with Crippen LogP contribution in [0.25, 0.3) is 0 Å². The topological polar surface area (TPSA) is 69.4 Å². The number of aromatic nitrogens is 3. The lowest BCUT2D eigenvalue weighted by Gasteiger charge is -2.31. The number of fused-ring (bicyclic) bond motifs is 1. The summed E-state index contributed by atoms with van der Waals surface area (Å²) in [5, 5.41) is 4.63. The third kappa shape index (κ3) is 3.39. The molecule has 0 aliphatic carbocycles. The van der Waals surface area contributed by atoms with Crippen LogP contribution in [0.4, 0.5) is 4.39 Å². The number of amides is 1.